The third-order valence-electron chi connectivity index (χ3n) is 1.67. The lowest BCUT2D eigenvalue weighted by atomic mass is 10.1. The molecule has 0 bridgehead atoms. The summed E-state index contributed by atoms with van der Waals surface area (Å²) in [7, 11) is 1.28. The number of Topliss-reactive ketones (excluding diaryl/α,β-unsaturated/α-hetero) is 1. The molecule has 1 heterocycles. The van der Waals surface area contributed by atoms with Crippen LogP contribution in [0.3, 0.4) is 0 Å². The van der Waals surface area contributed by atoms with E-state index in [1.807, 2.05) is 0 Å². The van der Waals surface area contributed by atoms with Crippen molar-refractivity contribution in [3.63, 3.8) is 0 Å². The zero-order chi connectivity index (χ0) is 10.7. The minimum atomic E-state index is -0.655. The first-order valence-corrected chi connectivity index (χ1v) is 4.06. The maximum absolute atomic E-state index is 12.9. The molecule has 0 saturated carbocycles. The van der Waals surface area contributed by atoms with Crippen molar-refractivity contribution in [3.05, 3.63) is 23.6 Å². The standard InChI is InChI=1S/C9H11FN2O2/c1-5(11)8(13)7-4-3-6(10)9(12-7)14-2/h3-5H,11H2,1-2H3. The number of carbonyl (C=O) groups is 1. The molecule has 1 unspecified atom stereocenters. The quantitative estimate of drug-likeness (QED) is 0.728. The average molecular weight is 198 g/mol. The van der Waals surface area contributed by atoms with Gasteiger partial charge in [0.1, 0.15) is 5.69 Å². The number of hydrogen-bond donors (Lipinski definition) is 1. The molecule has 0 aliphatic heterocycles. The van der Waals surface area contributed by atoms with Crippen LogP contribution < -0.4 is 10.5 Å². The SMILES string of the molecule is COc1nc(C(=O)C(C)N)ccc1F. The van der Waals surface area contributed by atoms with E-state index >= 15 is 0 Å². The summed E-state index contributed by atoms with van der Waals surface area (Å²) in [6.07, 6.45) is 0. The summed E-state index contributed by atoms with van der Waals surface area (Å²) in [5.74, 6) is -1.14. The minimum absolute atomic E-state index is 0.109. The van der Waals surface area contributed by atoms with Crippen molar-refractivity contribution in [2.24, 2.45) is 5.73 Å². The molecule has 5 heteroatoms. The highest BCUT2D eigenvalue weighted by Gasteiger charge is 2.14. The summed E-state index contributed by atoms with van der Waals surface area (Å²) in [5.41, 5.74) is 5.48. The highest BCUT2D eigenvalue weighted by Crippen LogP contribution is 2.14. The summed E-state index contributed by atoms with van der Waals surface area (Å²) >= 11 is 0. The largest absolute Gasteiger partial charge is 0.479 e. The number of carbonyl (C=O) groups excluding carboxylic acids is 1. The zero-order valence-electron chi connectivity index (χ0n) is 7.95. The first-order chi connectivity index (χ1) is 6.56. The van der Waals surface area contributed by atoms with Crippen LogP contribution in [0.15, 0.2) is 12.1 Å². The van der Waals surface area contributed by atoms with Crippen LogP contribution in [0.2, 0.25) is 0 Å². The van der Waals surface area contributed by atoms with Crippen LogP contribution in [0.5, 0.6) is 5.88 Å². The molecule has 14 heavy (non-hydrogen) atoms. The van der Waals surface area contributed by atoms with Gasteiger partial charge in [-0.1, -0.05) is 0 Å². The highest BCUT2D eigenvalue weighted by molar-refractivity contribution is 5.98. The van der Waals surface area contributed by atoms with E-state index in [1.54, 1.807) is 6.92 Å². The zero-order valence-corrected chi connectivity index (χ0v) is 7.95. The van der Waals surface area contributed by atoms with Crippen molar-refractivity contribution < 1.29 is 13.9 Å². The first-order valence-electron chi connectivity index (χ1n) is 4.06. The molecule has 0 amide bonds. The summed E-state index contributed by atoms with van der Waals surface area (Å²) in [4.78, 5) is 15.0. The van der Waals surface area contributed by atoms with Crippen molar-refractivity contribution in [1.82, 2.24) is 4.98 Å². The average Bonchev–Trinajstić information content (AvgIpc) is 2.17. The van der Waals surface area contributed by atoms with Crippen molar-refractivity contribution in [3.8, 4) is 5.88 Å². The Hall–Kier alpha value is -1.49. The Bertz CT molecular complexity index is 353. The number of ether oxygens (including phenoxy) is 1. The maximum atomic E-state index is 12.9. The molecule has 1 atom stereocenters. The number of rotatable bonds is 3. The lowest BCUT2D eigenvalue weighted by Crippen LogP contribution is -2.27. The predicted molar refractivity (Wildman–Crippen MR) is 48.7 cm³/mol. The molecule has 76 valence electrons. The maximum Gasteiger partial charge on any atom is 0.250 e. The molecule has 2 N–H and O–H groups in total. The summed E-state index contributed by atoms with van der Waals surface area (Å²) < 4.78 is 17.5. The Morgan fingerprint density at radius 1 is 1.64 bits per heavy atom. The second kappa shape index (κ2) is 4.15. The van der Waals surface area contributed by atoms with Crippen molar-refractivity contribution >= 4 is 5.78 Å². The molecule has 0 saturated heterocycles. The highest BCUT2D eigenvalue weighted by atomic mass is 19.1. The molecule has 1 aromatic rings. The van der Waals surface area contributed by atoms with E-state index in [4.69, 9.17) is 5.73 Å². The van der Waals surface area contributed by atoms with Gasteiger partial charge in [-0.2, -0.15) is 0 Å². The number of halogens is 1. The van der Waals surface area contributed by atoms with Gasteiger partial charge in [0, 0.05) is 0 Å². The van der Waals surface area contributed by atoms with E-state index in [0.717, 1.165) is 6.07 Å². The molecule has 0 fully saturated rings. The van der Waals surface area contributed by atoms with Gasteiger partial charge in [0.05, 0.1) is 13.2 Å². The number of methoxy groups -OCH3 is 1. The predicted octanol–water partition coefficient (Wildman–Crippen LogP) is 0.759. The molecule has 4 nitrogen and oxygen atoms in total. The van der Waals surface area contributed by atoms with Crippen molar-refractivity contribution in [2.45, 2.75) is 13.0 Å². The number of ketones is 1. The Labute approximate surface area is 80.9 Å². The molecule has 0 aliphatic carbocycles. The molecule has 0 aromatic carbocycles. The van der Waals surface area contributed by atoms with Crippen LogP contribution in [-0.2, 0) is 0 Å². The third-order valence-corrected chi connectivity index (χ3v) is 1.67. The fraction of sp³-hybridized carbons (Fsp3) is 0.333. The van der Waals surface area contributed by atoms with Gasteiger partial charge in [0.15, 0.2) is 11.6 Å². The second-order valence-electron chi connectivity index (χ2n) is 2.84. The number of nitrogens with two attached hydrogens (primary N) is 1. The number of aromatic nitrogens is 1. The topological polar surface area (TPSA) is 65.2 Å². The van der Waals surface area contributed by atoms with Crippen LogP contribution in [0.1, 0.15) is 17.4 Å². The van der Waals surface area contributed by atoms with Crippen LogP contribution in [0.4, 0.5) is 4.39 Å². The first kappa shape index (κ1) is 10.6. The van der Waals surface area contributed by atoms with Gasteiger partial charge in [0.25, 0.3) is 5.88 Å². The van der Waals surface area contributed by atoms with E-state index in [-0.39, 0.29) is 17.4 Å². The smallest absolute Gasteiger partial charge is 0.250 e. The molecule has 0 radical (unpaired) electrons. The number of nitrogens with zero attached hydrogens (tertiary/aromatic N) is 1. The van der Waals surface area contributed by atoms with Gasteiger partial charge in [0.2, 0.25) is 0 Å². The van der Waals surface area contributed by atoms with Gasteiger partial charge in [-0.15, -0.1) is 0 Å². The van der Waals surface area contributed by atoms with E-state index in [9.17, 15) is 9.18 Å². The lowest BCUT2D eigenvalue weighted by molar-refractivity contribution is 0.0962. The Morgan fingerprint density at radius 3 is 2.79 bits per heavy atom. The van der Waals surface area contributed by atoms with E-state index < -0.39 is 11.9 Å². The fourth-order valence-corrected chi connectivity index (χ4v) is 0.937. The van der Waals surface area contributed by atoms with Crippen LogP contribution in [0, 0.1) is 5.82 Å². The van der Waals surface area contributed by atoms with Crippen molar-refractivity contribution in [2.75, 3.05) is 7.11 Å². The molecule has 1 rings (SSSR count). The number of hydrogen-bond acceptors (Lipinski definition) is 4. The normalized spacial score (nSPS) is 12.3. The molecular formula is C9H11FN2O2. The van der Waals surface area contributed by atoms with E-state index in [2.05, 4.69) is 9.72 Å². The van der Waals surface area contributed by atoms with E-state index in [1.165, 1.54) is 13.2 Å². The molecular weight excluding hydrogens is 187 g/mol. The van der Waals surface area contributed by atoms with Gasteiger partial charge in [-0.05, 0) is 19.1 Å². The van der Waals surface area contributed by atoms with Crippen LogP contribution in [-0.4, -0.2) is 23.9 Å². The van der Waals surface area contributed by atoms with Gasteiger partial charge >= 0.3 is 0 Å². The van der Waals surface area contributed by atoms with Gasteiger partial charge in [-0.3, -0.25) is 4.79 Å². The van der Waals surface area contributed by atoms with E-state index in [0.29, 0.717) is 0 Å². The van der Waals surface area contributed by atoms with Crippen LogP contribution in [0.25, 0.3) is 0 Å². The molecule has 0 spiro atoms. The van der Waals surface area contributed by atoms with Gasteiger partial charge < -0.3 is 10.5 Å². The Kier molecular flexibility index (Phi) is 3.14. The van der Waals surface area contributed by atoms with Crippen molar-refractivity contribution in [1.29, 1.82) is 0 Å². The second-order valence-corrected chi connectivity index (χ2v) is 2.84. The summed E-state index contributed by atoms with van der Waals surface area (Å²) in [6.45, 7) is 1.54. The monoisotopic (exact) mass is 198 g/mol. The summed E-state index contributed by atoms with van der Waals surface area (Å²) in [5, 5.41) is 0. The number of pyridine rings is 1. The lowest BCUT2D eigenvalue weighted by Gasteiger charge is -2.05. The molecule has 1 aromatic heterocycles. The fourth-order valence-electron chi connectivity index (χ4n) is 0.937. The van der Waals surface area contributed by atoms with Crippen LogP contribution >= 0.6 is 0 Å². The third kappa shape index (κ3) is 2.05. The Morgan fingerprint density at radius 2 is 2.29 bits per heavy atom. The molecule has 0 aliphatic rings. The van der Waals surface area contributed by atoms with Gasteiger partial charge in [-0.25, -0.2) is 9.37 Å². The minimum Gasteiger partial charge on any atom is -0.479 e. The Balaban J connectivity index is 3.06. The summed E-state index contributed by atoms with van der Waals surface area (Å²) in [6, 6.07) is 1.75.